The average Bonchev–Trinajstić information content (AvgIpc) is 1.56. The van der Waals surface area contributed by atoms with Crippen molar-refractivity contribution in [2.24, 2.45) is 0 Å². The molecule has 6 heteroatoms. The molecule has 2 aliphatic heterocycles. The molecular formula is C78H49BN4O. The minimum atomic E-state index is -0.0503. The smallest absolute Gasteiger partial charge is 0.256 e. The van der Waals surface area contributed by atoms with E-state index in [4.69, 9.17) is 4.74 Å². The molecule has 0 N–H and O–H groups in total. The van der Waals surface area contributed by atoms with Gasteiger partial charge in [-0.15, -0.1) is 0 Å². The number of para-hydroxylation sites is 5. The van der Waals surface area contributed by atoms with Gasteiger partial charge >= 0.3 is 0 Å². The van der Waals surface area contributed by atoms with Crippen LogP contribution in [0.4, 0.5) is 17.1 Å². The molecule has 5 nitrogen and oxygen atoms in total. The second-order valence-corrected chi connectivity index (χ2v) is 22.3. The molecule has 0 spiro atoms. The largest absolute Gasteiger partial charge is 0.458 e. The molecule has 18 rings (SSSR count). The fourth-order valence-corrected chi connectivity index (χ4v) is 14.3. The minimum absolute atomic E-state index is 0.0503. The van der Waals surface area contributed by atoms with Crippen LogP contribution in [0.15, 0.2) is 297 Å². The summed E-state index contributed by atoms with van der Waals surface area (Å²) in [5.74, 6) is 1.72. The second-order valence-electron chi connectivity index (χ2n) is 22.3. The molecule has 0 radical (unpaired) electrons. The van der Waals surface area contributed by atoms with Crippen LogP contribution in [-0.2, 0) is 0 Å². The van der Waals surface area contributed by atoms with Crippen LogP contribution in [0.2, 0.25) is 0 Å². The standard InChI is InChI=1S/C78H49BN4O/c1-7-23-50(24-8-1)53-39-42-65-60(45-53)72-76-73(61-46-54(51-25-9-2-10-26-51)40-43-66(61)82(76)58-33-17-6-18-34-58)78-74(77(72)81(65)57-31-15-5-16-32-57)62-47-55(52-27-11-3-12-28-52)41-44-67(62)83(78)59-48-69-75-71(49-59)84-70-38-22-20-36-64(70)79(75)63-35-19-21-37-68(63)80(69)56-29-13-4-14-30-56/h1-49H. The molecule has 3 aromatic heterocycles. The highest BCUT2D eigenvalue weighted by atomic mass is 16.5. The third-order valence-electron chi connectivity index (χ3n) is 17.8. The summed E-state index contributed by atoms with van der Waals surface area (Å²) in [5, 5.41) is 7.03. The van der Waals surface area contributed by atoms with E-state index in [2.05, 4.69) is 316 Å². The van der Waals surface area contributed by atoms with E-state index in [1.807, 2.05) is 0 Å². The van der Waals surface area contributed by atoms with Gasteiger partial charge in [0.15, 0.2) is 0 Å². The zero-order chi connectivity index (χ0) is 55.0. The van der Waals surface area contributed by atoms with Crippen molar-refractivity contribution in [1.29, 1.82) is 0 Å². The maximum atomic E-state index is 7.33. The maximum absolute atomic E-state index is 7.33. The first kappa shape index (κ1) is 46.7. The minimum Gasteiger partial charge on any atom is -0.458 e. The Labute approximate surface area is 485 Å². The molecule has 84 heavy (non-hydrogen) atoms. The first-order chi connectivity index (χ1) is 41.7. The van der Waals surface area contributed by atoms with Crippen molar-refractivity contribution in [2.45, 2.75) is 0 Å². The molecule has 16 aromatic rings. The molecular weight excluding hydrogens is 1020 g/mol. The van der Waals surface area contributed by atoms with Crippen molar-refractivity contribution in [3.05, 3.63) is 297 Å². The van der Waals surface area contributed by atoms with Gasteiger partial charge in [0.2, 0.25) is 0 Å². The Hall–Kier alpha value is -11.1. The van der Waals surface area contributed by atoms with Gasteiger partial charge in [-0.1, -0.05) is 200 Å². The van der Waals surface area contributed by atoms with Gasteiger partial charge in [-0.25, -0.2) is 0 Å². The Morgan fingerprint density at radius 2 is 0.643 bits per heavy atom. The third-order valence-corrected chi connectivity index (χ3v) is 17.8. The number of fused-ring (bicyclic) bond motifs is 16. The lowest BCUT2D eigenvalue weighted by Crippen LogP contribution is -2.59. The van der Waals surface area contributed by atoms with Crippen LogP contribution in [0, 0.1) is 0 Å². The highest BCUT2D eigenvalue weighted by molar-refractivity contribution is 6.99. The van der Waals surface area contributed by atoms with E-state index < -0.39 is 0 Å². The summed E-state index contributed by atoms with van der Waals surface area (Å²) in [5.41, 5.74) is 23.8. The molecule has 0 atom stereocenters. The van der Waals surface area contributed by atoms with Crippen LogP contribution in [0.25, 0.3) is 116 Å². The van der Waals surface area contributed by atoms with E-state index in [0.717, 1.165) is 106 Å². The topological polar surface area (TPSA) is 27.3 Å². The van der Waals surface area contributed by atoms with Crippen molar-refractivity contribution in [3.63, 3.8) is 0 Å². The average molecular weight is 1070 g/mol. The summed E-state index contributed by atoms with van der Waals surface area (Å²) in [6.45, 7) is -0.0503. The van der Waals surface area contributed by atoms with Crippen LogP contribution < -0.4 is 26.0 Å². The number of hydrogen-bond donors (Lipinski definition) is 0. The summed E-state index contributed by atoms with van der Waals surface area (Å²) in [4.78, 5) is 2.46. The van der Waals surface area contributed by atoms with Gasteiger partial charge < -0.3 is 23.3 Å². The van der Waals surface area contributed by atoms with Crippen molar-refractivity contribution in [1.82, 2.24) is 13.7 Å². The second kappa shape index (κ2) is 18.2. The van der Waals surface area contributed by atoms with Gasteiger partial charge in [-0.3, -0.25) is 0 Å². The van der Waals surface area contributed by atoms with Gasteiger partial charge in [-0.2, -0.15) is 0 Å². The molecule has 0 unspecified atom stereocenters. The van der Waals surface area contributed by atoms with Crippen LogP contribution in [0.1, 0.15) is 0 Å². The van der Waals surface area contributed by atoms with Crippen LogP contribution in [-0.4, -0.2) is 20.4 Å². The van der Waals surface area contributed by atoms with Gasteiger partial charge in [-0.05, 0) is 141 Å². The number of hydrogen-bond acceptors (Lipinski definition) is 2. The number of nitrogens with zero attached hydrogens (tertiary/aromatic N) is 4. The maximum Gasteiger partial charge on any atom is 0.256 e. The van der Waals surface area contributed by atoms with Gasteiger partial charge in [0.05, 0.1) is 38.8 Å². The number of anilines is 3. The van der Waals surface area contributed by atoms with Crippen LogP contribution in [0.3, 0.4) is 0 Å². The molecule has 0 bridgehead atoms. The van der Waals surface area contributed by atoms with Crippen molar-refractivity contribution < 1.29 is 4.74 Å². The Balaban J connectivity index is 1.10. The molecule has 5 heterocycles. The van der Waals surface area contributed by atoms with Crippen molar-refractivity contribution in [3.8, 4) is 61.9 Å². The quantitative estimate of drug-likeness (QED) is 0.149. The fourth-order valence-electron chi connectivity index (χ4n) is 14.3. The zero-order valence-corrected chi connectivity index (χ0v) is 45.6. The molecule has 0 aliphatic carbocycles. The SMILES string of the molecule is c1ccc(-c2ccc3c(c2)c2c(c4c5cc(-c6ccccc6)ccc5n(-c5cc6c7c(c5)N(c5ccccc5)c5ccccc5B7c5ccccc5O6)c4c4c5cc(-c6ccccc6)ccc5n(-c5ccccc5)c24)n3-c2ccccc2)cc1. The van der Waals surface area contributed by atoms with Crippen LogP contribution >= 0.6 is 0 Å². The summed E-state index contributed by atoms with van der Waals surface area (Å²) in [7, 11) is 0. The lowest BCUT2D eigenvalue weighted by atomic mass is 9.34. The highest BCUT2D eigenvalue weighted by Crippen LogP contribution is 2.53. The normalized spacial score (nSPS) is 12.6. The van der Waals surface area contributed by atoms with E-state index >= 15 is 0 Å². The molecule has 0 saturated carbocycles. The number of aromatic nitrogens is 3. The number of benzene rings is 13. The van der Waals surface area contributed by atoms with E-state index in [9.17, 15) is 0 Å². The Morgan fingerprint density at radius 1 is 0.262 bits per heavy atom. The summed E-state index contributed by atoms with van der Waals surface area (Å²) >= 11 is 0. The number of ether oxygens (including phenoxy) is 1. The molecule has 0 amide bonds. The van der Waals surface area contributed by atoms with E-state index in [1.54, 1.807) is 0 Å². The predicted molar refractivity (Wildman–Crippen MR) is 352 cm³/mol. The zero-order valence-electron chi connectivity index (χ0n) is 45.6. The third kappa shape index (κ3) is 6.79. The predicted octanol–water partition coefficient (Wildman–Crippen LogP) is 18.4. The Bertz CT molecular complexity index is 5250. The monoisotopic (exact) mass is 1070 g/mol. The Kier molecular flexibility index (Phi) is 10.1. The molecule has 13 aromatic carbocycles. The summed E-state index contributed by atoms with van der Waals surface area (Å²) in [6, 6.07) is 109. The van der Waals surface area contributed by atoms with Gasteiger partial charge in [0, 0.05) is 66.8 Å². The molecule has 0 saturated heterocycles. The fraction of sp³-hybridized carbons (Fsp3) is 0. The molecule has 2 aliphatic rings. The van der Waals surface area contributed by atoms with Crippen LogP contribution in [0.5, 0.6) is 11.5 Å². The van der Waals surface area contributed by atoms with Crippen molar-refractivity contribution >= 4 is 106 Å². The van der Waals surface area contributed by atoms with Crippen molar-refractivity contribution in [2.75, 3.05) is 4.90 Å². The lowest BCUT2D eigenvalue weighted by molar-refractivity contribution is 0.487. The Morgan fingerprint density at radius 3 is 1.11 bits per heavy atom. The van der Waals surface area contributed by atoms with E-state index in [0.29, 0.717) is 0 Å². The highest BCUT2D eigenvalue weighted by Gasteiger charge is 2.42. The first-order valence-corrected chi connectivity index (χ1v) is 28.9. The molecule has 390 valence electrons. The summed E-state index contributed by atoms with van der Waals surface area (Å²) in [6.07, 6.45) is 0. The first-order valence-electron chi connectivity index (χ1n) is 28.9. The number of rotatable bonds is 7. The molecule has 0 fully saturated rings. The van der Waals surface area contributed by atoms with E-state index in [-0.39, 0.29) is 6.71 Å². The van der Waals surface area contributed by atoms with E-state index in [1.165, 1.54) is 54.5 Å². The van der Waals surface area contributed by atoms with Gasteiger partial charge in [0.1, 0.15) is 11.5 Å². The van der Waals surface area contributed by atoms with Gasteiger partial charge in [0.25, 0.3) is 6.71 Å². The summed E-state index contributed by atoms with van der Waals surface area (Å²) < 4.78 is 15.0. The lowest BCUT2D eigenvalue weighted by Gasteiger charge is -2.40.